The Morgan fingerprint density at radius 1 is 1.37 bits per heavy atom. The molecule has 1 N–H and O–H groups in total. The fourth-order valence-electron chi connectivity index (χ4n) is 2.75. The van der Waals surface area contributed by atoms with Gasteiger partial charge in [-0.1, -0.05) is 13.0 Å². The molecule has 0 atom stereocenters. The Hall–Kier alpha value is -1.13. The number of pyridine rings is 1. The van der Waals surface area contributed by atoms with Crippen LogP contribution in [-0.4, -0.2) is 49.7 Å². The van der Waals surface area contributed by atoms with Crippen LogP contribution in [0.25, 0.3) is 0 Å². The average molecular weight is 262 g/mol. The maximum atomic E-state index is 4.73. The fourth-order valence-corrected chi connectivity index (χ4v) is 2.75. The Morgan fingerprint density at radius 2 is 2.11 bits per heavy atom. The van der Waals surface area contributed by atoms with Crippen LogP contribution in [-0.2, 0) is 6.54 Å². The summed E-state index contributed by atoms with van der Waals surface area (Å²) in [6.07, 6.45) is 2.48. The number of nitrogens with zero attached hydrogens (tertiary/aromatic N) is 3. The van der Waals surface area contributed by atoms with Crippen molar-refractivity contribution in [1.82, 2.24) is 15.2 Å². The first kappa shape index (κ1) is 14.3. The standard InChI is InChI=1S/C15H26N4/c1-4-19-10-8-14(9-11-19)18(3)15-7-5-6-13(17-15)12-16-2/h5-7,14,16H,4,8-12H2,1-3H3. The number of piperidine rings is 1. The summed E-state index contributed by atoms with van der Waals surface area (Å²) in [5.41, 5.74) is 1.11. The number of nitrogens with one attached hydrogen (secondary N) is 1. The van der Waals surface area contributed by atoms with Crippen molar-refractivity contribution in [3.05, 3.63) is 23.9 Å². The predicted molar refractivity (Wildman–Crippen MR) is 80.5 cm³/mol. The minimum absolute atomic E-state index is 0.625. The summed E-state index contributed by atoms with van der Waals surface area (Å²) >= 11 is 0. The summed E-state index contributed by atoms with van der Waals surface area (Å²) in [7, 11) is 4.14. The minimum Gasteiger partial charge on any atom is -0.357 e. The highest BCUT2D eigenvalue weighted by Crippen LogP contribution is 2.20. The molecule has 106 valence electrons. The molecule has 2 rings (SSSR count). The van der Waals surface area contributed by atoms with E-state index >= 15 is 0 Å². The molecule has 1 aromatic heterocycles. The first-order valence-electron chi connectivity index (χ1n) is 7.30. The highest BCUT2D eigenvalue weighted by atomic mass is 15.2. The highest BCUT2D eigenvalue weighted by Gasteiger charge is 2.22. The van der Waals surface area contributed by atoms with Gasteiger partial charge in [-0.25, -0.2) is 4.98 Å². The summed E-state index contributed by atoms with van der Waals surface area (Å²) in [4.78, 5) is 9.60. The average Bonchev–Trinajstić information content (AvgIpc) is 2.47. The van der Waals surface area contributed by atoms with Gasteiger partial charge in [-0.3, -0.25) is 0 Å². The quantitative estimate of drug-likeness (QED) is 0.875. The van der Waals surface area contributed by atoms with E-state index in [1.54, 1.807) is 0 Å². The number of aromatic nitrogens is 1. The lowest BCUT2D eigenvalue weighted by Gasteiger charge is -2.37. The first-order valence-corrected chi connectivity index (χ1v) is 7.30. The lowest BCUT2D eigenvalue weighted by atomic mass is 10.0. The third-order valence-electron chi connectivity index (χ3n) is 4.06. The predicted octanol–water partition coefficient (Wildman–Crippen LogP) is 1.72. The first-order chi connectivity index (χ1) is 9.24. The molecule has 0 aliphatic carbocycles. The molecule has 1 aromatic rings. The van der Waals surface area contributed by atoms with E-state index in [9.17, 15) is 0 Å². The van der Waals surface area contributed by atoms with Crippen LogP contribution in [0.1, 0.15) is 25.5 Å². The van der Waals surface area contributed by atoms with Gasteiger partial charge in [0.15, 0.2) is 0 Å². The van der Waals surface area contributed by atoms with Gasteiger partial charge < -0.3 is 15.1 Å². The van der Waals surface area contributed by atoms with Crippen LogP contribution < -0.4 is 10.2 Å². The van der Waals surface area contributed by atoms with Gasteiger partial charge in [0.05, 0.1) is 5.69 Å². The topological polar surface area (TPSA) is 31.4 Å². The molecule has 1 aliphatic rings. The second-order valence-electron chi connectivity index (χ2n) is 5.29. The number of anilines is 1. The van der Waals surface area contributed by atoms with E-state index < -0.39 is 0 Å². The van der Waals surface area contributed by atoms with E-state index in [1.807, 2.05) is 7.05 Å². The molecule has 0 radical (unpaired) electrons. The molecule has 0 spiro atoms. The molecule has 0 amide bonds. The zero-order chi connectivity index (χ0) is 13.7. The zero-order valence-corrected chi connectivity index (χ0v) is 12.4. The number of likely N-dealkylation sites (tertiary alicyclic amines) is 1. The Balaban J connectivity index is 1.99. The molecule has 0 saturated carbocycles. The Labute approximate surface area is 116 Å². The van der Waals surface area contributed by atoms with Crippen molar-refractivity contribution in [2.24, 2.45) is 0 Å². The van der Waals surface area contributed by atoms with Crippen LogP contribution in [0.2, 0.25) is 0 Å². The molecule has 19 heavy (non-hydrogen) atoms. The summed E-state index contributed by atoms with van der Waals surface area (Å²) < 4.78 is 0. The van der Waals surface area contributed by atoms with Crippen molar-refractivity contribution in [3.8, 4) is 0 Å². The maximum Gasteiger partial charge on any atom is 0.128 e. The monoisotopic (exact) mass is 262 g/mol. The van der Waals surface area contributed by atoms with Crippen molar-refractivity contribution in [3.63, 3.8) is 0 Å². The molecule has 1 aliphatic heterocycles. The highest BCUT2D eigenvalue weighted by molar-refractivity contribution is 5.39. The molecule has 0 bridgehead atoms. The summed E-state index contributed by atoms with van der Waals surface area (Å²) in [5.74, 6) is 1.10. The van der Waals surface area contributed by atoms with Crippen LogP contribution in [0.15, 0.2) is 18.2 Å². The Morgan fingerprint density at radius 3 is 2.74 bits per heavy atom. The molecular weight excluding hydrogens is 236 g/mol. The number of hydrogen-bond acceptors (Lipinski definition) is 4. The third kappa shape index (κ3) is 3.67. The van der Waals surface area contributed by atoms with Crippen molar-refractivity contribution in [2.75, 3.05) is 38.6 Å². The molecule has 0 aromatic carbocycles. The smallest absolute Gasteiger partial charge is 0.128 e. The molecule has 1 saturated heterocycles. The minimum atomic E-state index is 0.625. The maximum absolute atomic E-state index is 4.73. The van der Waals surface area contributed by atoms with Gasteiger partial charge >= 0.3 is 0 Å². The third-order valence-corrected chi connectivity index (χ3v) is 4.06. The van der Waals surface area contributed by atoms with Crippen LogP contribution in [0.3, 0.4) is 0 Å². The zero-order valence-electron chi connectivity index (χ0n) is 12.4. The summed E-state index contributed by atoms with van der Waals surface area (Å²) in [5, 5.41) is 3.16. The summed E-state index contributed by atoms with van der Waals surface area (Å²) in [6, 6.07) is 6.92. The fraction of sp³-hybridized carbons (Fsp3) is 0.667. The van der Waals surface area contributed by atoms with Crippen LogP contribution in [0.4, 0.5) is 5.82 Å². The van der Waals surface area contributed by atoms with E-state index in [-0.39, 0.29) is 0 Å². The van der Waals surface area contributed by atoms with Gasteiger partial charge in [-0.2, -0.15) is 0 Å². The van der Waals surface area contributed by atoms with Crippen LogP contribution >= 0.6 is 0 Å². The van der Waals surface area contributed by atoms with E-state index in [0.717, 1.165) is 18.1 Å². The van der Waals surface area contributed by atoms with E-state index in [0.29, 0.717) is 6.04 Å². The molecule has 2 heterocycles. The van der Waals surface area contributed by atoms with Crippen LogP contribution in [0, 0.1) is 0 Å². The van der Waals surface area contributed by atoms with Gasteiger partial charge in [0.2, 0.25) is 0 Å². The second kappa shape index (κ2) is 6.87. The number of rotatable bonds is 5. The molecule has 0 unspecified atom stereocenters. The second-order valence-corrected chi connectivity index (χ2v) is 5.29. The van der Waals surface area contributed by atoms with Crippen molar-refractivity contribution < 1.29 is 0 Å². The largest absolute Gasteiger partial charge is 0.357 e. The lowest BCUT2D eigenvalue weighted by molar-refractivity contribution is 0.220. The molecule has 4 nitrogen and oxygen atoms in total. The molecular formula is C15H26N4. The van der Waals surface area contributed by atoms with Gasteiger partial charge in [0.25, 0.3) is 0 Å². The van der Waals surface area contributed by atoms with Gasteiger partial charge in [-0.05, 0) is 38.6 Å². The molecule has 4 heteroatoms. The van der Waals surface area contributed by atoms with Crippen molar-refractivity contribution in [1.29, 1.82) is 0 Å². The number of hydrogen-bond donors (Lipinski definition) is 1. The SMILES string of the molecule is CCN1CCC(N(C)c2cccc(CNC)n2)CC1. The van der Waals surface area contributed by atoms with E-state index in [2.05, 4.69) is 47.3 Å². The summed E-state index contributed by atoms with van der Waals surface area (Å²) in [6.45, 7) is 6.67. The van der Waals surface area contributed by atoms with Crippen LogP contribution in [0.5, 0.6) is 0 Å². The van der Waals surface area contributed by atoms with Crippen molar-refractivity contribution >= 4 is 5.82 Å². The van der Waals surface area contributed by atoms with E-state index in [1.165, 1.54) is 32.5 Å². The lowest BCUT2D eigenvalue weighted by Crippen LogP contribution is -2.43. The van der Waals surface area contributed by atoms with Gasteiger partial charge in [-0.15, -0.1) is 0 Å². The van der Waals surface area contributed by atoms with Crippen molar-refractivity contribution in [2.45, 2.75) is 32.4 Å². The Bertz CT molecular complexity index is 385. The molecule has 1 fully saturated rings. The van der Waals surface area contributed by atoms with Gasteiger partial charge in [0, 0.05) is 32.7 Å². The van der Waals surface area contributed by atoms with E-state index in [4.69, 9.17) is 4.98 Å². The Kier molecular flexibility index (Phi) is 5.16. The normalized spacial score (nSPS) is 17.6. The van der Waals surface area contributed by atoms with Gasteiger partial charge in [0.1, 0.15) is 5.82 Å².